The molecule has 0 bridgehead atoms. The second kappa shape index (κ2) is 10.3. The summed E-state index contributed by atoms with van der Waals surface area (Å²) in [5.74, 6) is 0.467. The maximum Gasteiger partial charge on any atom is 0.145 e. The first-order chi connectivity index (χ1) is 16.7. The Morgan fingerprint density at radius 1 is 1.26 bits per heavy atom. The number of aromatic nitrogens is 2. The number of aliphatic hydroxyl groups is 1. The molecule has 0 aliphatic carbocycles. The minimum atomic E-state index is -2.45. The third kappa shape index (κ3) is 5.63. The van der Waals surface area contributed by atoms with E-state index in [4.69, 9.17) is 14.2 Å². The van der Waals surface area contributed by atoms with Gasteiger partial charge in [0.2, 0.25) is 0 Å². The number of anilines is 2. The third-order valence-corrected chi connectivity index (χ3v) is 8.20. The van der Waals surface area contributed by atoms with E-state index >= 15 is 0 Å². The number of nitrogens with one attached hydrogen (secondary N) is 1. The Kier molecular flexibility index (Phi) is 7.39. The molecule has 2 N–H and O–H groups in total. The van der Waals surface area contributed by atoms with Crippen molar-refractivity contribution in [2.75, 3.05) is 38.5 Å². The van der Waals surface area contributed by atoms with Crippen molar-refractivity contribution in [2.45, 2.75) is 25.2 Å². The number of ether oxygens (including phenoxy) is 3. The Morgan fingerprint density at radius 3 is 2.74 bits per heavy atom. The molecule has 1 aliphatic heterocycles. The van der Waals surface area contributed by atoms with E-state index in [9.17, 15) is 13.7 Å². The second-order valence-corrected chi connectivity index (χ2v) is 11.6. The summed E-state index contributed by atoms with van der Waals surface area (Å²) in [4.78, 5) is 8.70. The lowest BCUT2D eigenvalue weighted by Crippen LogP contribution is -2.24. The minimum Gasteiger partial charge on any atom is -0.496 e. The zero-order valence-electron chi connectivity index (χ0n) is 20.0. The minimum absolute atomic E-state index is 0.124. The molecule has 3 atom stereocenters. The number of hydrogen-bond acceptors (Lipinski definition) is 9. The number of methoxy groups -OCH3 is 1. The Balaban J connectivity index is 1.70. The summed E-state index contributed by atoms with van der Waals surface area (Å²) in [6, 6.07) is 7.53. The number of rotatable bonds is 8. The summed E-state index contributed by atoms with van der Waals surface area (Å²) >= 11 is 0. The fourth-order valence-corrected chi connectivity index (χ4v) is 4.29. The van der Waals surface area contributed by atoms with Gasteiger partial charge in [0, 0.05) is 29.6 Å². The van der Waals surface area contributed by atoms with E-state index in [1.165, 1.54) is 25.6 Å². The van der Waals surface area contributed by atoms with Crippen LogP contribution >= 0.6 is 0 Å². The first-order valence-corrected chi connectivity index (χ1v) is 13.2. The van der Waals surface area contributed by atoms with Crippen LogP contribution in [0.2, 0.25) is 0 Å². The predicted octanol–water partition coefficient (Wildman–Crippen LogP) is 4.04. The first-order valence-electron chi connectivity index (χ1n) is 11.2. The number of hydrogen-bond donors (Lipinski definition) is 2. The first kappa shape index (κ1) is 25.1. The molecular formula is C24H29FN4O5S. The van der Waals surface area contributed by atoms with Gasteiger partial charge in [-0.05, 0) is 18.2 Å². The number of fused-ring (bicyclic) bond motifs is 1. The lowest BCUT2D eigenvalue weighted by Gasteiger charge is -2.18. The summed E-state index contributed by atoms with van der Waals surface area (Å²) in [5, 5.41) is 13.6. The molecule has 1 saturated heterocycles. The molecule has 188 valence electrons. The van der Waals surface area contributed by atoms with Gasteiger partial charge in [-0.2, -0.15) is 4.36 Å². The van der Waals surface area contributed by atoms with Crippen LogP contribution in [0.1, 0.15) is 13.8 Å². The quantitative estimate of drug-likeness (QED) is 0.472. The molecular weight excluding hydrogens is 475 g/mol. The van der Waals surface area contributed by atoms with Crippen LogP contribution in [0.3, 0.4) is 0 Å². The Labute approximate surface area is 203 Å². The van der Waals surface area contributed by atoms with Gasteiger partial charge in [0.15, 0.2) is 0 Å². The van der Waals surface area contributed by atoms with Gasteiger partial charge in [-0.1, -0.05) is 13.8 Å². The second-order valence-electron chi connectivity index (χ2n) is 8.71. The Bertz CT molecular complexity index is 1340. The maximum absolute atomic E-state index is 14.0. The summed E-state index contributed by atoms with van der Waals surface area (Å²) in [7, 11) is -0.933. The van der Waals surface area contributed by atoms with Gasteiger partial charge in [0.05, 0.1) is 65.0 Å². The fraction of sp³-hybridized carbons (Fsp3) is 0.417. The number of benzene rings is 2. The van der Waals surface area contributed by atoms with Crippen molar-refractivity contribution >= 4 is 37.8 Å². The van der Waals surface area contributed by atoms with Gasteiger partial charge in [-0.15, -0.1) is 0 Å². The van der Waals surface area contributed by atoms with E-state index in [1.54, 1.807) is 24.5 Å². The molecule has 1 fully saturated rings. The highest BCUT2D eigenvalue weighted by molar-refractivity contribution is 7.93. The fourth-order valence-electron chi connectivity index (χ4n) is 3.55. The van der Waals surface area contributed by atoms with Crippen molar-refractivity contribution in [3.8, 4) is 11.5 Å². The third-order valence-electron chi connectivity index (χ3n) is 5.88. The SMILES string of the molecule is COc1cc(N=S(C)(=O)C(C)C)cc2ncnc(Nc3ccc(F)cc3OC[C@H]3COC[C@@H]3O)c12. The smallest absolute Gasteiger partial charge is 0.145 e. The monoisotopic (exact) mass is 504 g/mol. The van der Waals surface area contributed by atoms with Gasteiger partial charge in [-0.25, -0.2) is 18.6 Å². The zero-order chi connectivity index (χ0) is 25.2. The van der Waals surface area contributed by atoms with Crippen LogP contribution in [-0.2, 0) is 14.5 Å². The van der Waals surface area contributed by atoms with Gasteiger partial charge < -0.3 is 24.6 Å². The molecule has 0 saturated carbocycles. The molecule has 0 spiro atoms. The predicted molar refractivity (Wildman–Crippen MR) is 133 cm³/mol. The van der Waals surface area contributed by atoms with E-state index in [-0.39, 0.29) is 30.1 Å². The van der Waals surface area contributed by atoms with E-state index in [1.807, 2.05) is 13.8 Å². The van der Waals surface area contributed by atoms with Crippen LogP contribution in [0.15, 0.2) is 41.0 Å². The van der Waals surface area contributed by atoms with Crippen molar-refractivity contribution in [2.24, 2.45) is 10.3 Å². The van der Waals surface area contributed by atoms with Crippen molar-refractivity contribution in [1.29, 1.82) is 0 Å². The van der Waals surface area contributed by atoms with Gasteiger partial charge in [0.25, 0.3) is 0 Å². The summed E-state index contributed by atoms with van der Waals surface area (Å²) < 4.78 is 48.0. The van der Waals surface area contributed by atoms with E-state index in [2.05, 4.69) is 19.6 Å². The Hall–Kier alpha value is -3.02. The molecule has 1 unspecified atom stereocenters. The van der Waals surface area contributed by atoms with E-state index in [0.717, 1.165) is 0 Å². The molecule has 1 aromatic heterocycles. The number of aliphatic hydroxyl groups excluding tert-OH is 1. The van der Waals surface area contributed by atoms with Crippen molar-refractivity contribution in [3.05, 3.63) is 42.5 Å². The zero-order valence-corrected chi connectivity index (χ0v) is 20.8. The van der Waals surface area contributed by atoms with Crippen LogP contribution in [0.4, 0.5) is 21.6 Å². The Morgan fingerprint density at radius 2 is 2.06 bits per heavy atom. The van der Waals surface area contributed by atoms with Crippen LogP contribution in [-0.4, -0.2) is 63.8 Å². The highest BCUT2D eigenvalue weighted by Gasteiger charge is 2.27. The normalized spacial score (nSPS) is 19.5. The van der Waals surface area contributed by atoms with Gasteiger partial charge in [-0.3, -0.25) is 0 Å². The van der Waals surface area contributed by atoms with Crippen LogP contribution in [0, 0.1) is 11.7 Å². The molecule has 35 heavy (non-hydrogen) atoms. The molecule has 9 nitrogen and oxygen atoms in total. The number of nitrogens with zero attached hydrogens (tertiary/aromatic N) is 3. The molecule has 0 amide bonds. The van der Waals surface area contributed by atoms with Crippen LogP contribution < -0.4 is 14.8 Å². The summed E-state index contributed by atoms with van der Waals surface area (Å²) in [6.45, 7) is 4.52. The lowest BCUT2D eigenvalue weighted by molar-refractivity contribution is 0.104. The van der Waals surface area contributed by atoms with E-state index in [0.29, 0.717) is 40.5 Å². The average molecular weight is 505 g/mol. The summed E-state index contributed by atoms with van der Waals surface area (Å²) in [5.41, 5.74) is 1.51. The molecule has 1 aliphatic rings. The molecule has 0 radical (unpaired) electrons. The highest BCUT2D eigenvalue weighted by atomic mass is 32.2. The molecule has 3 aromatic rings. The van der Waals surface area contributed by atoms with Crippen molar-refractivity contribution in [1.82, 2.24) is 9.97 Å². The molecule has 11 heteroatoms. The molecule has 2 aromatic carbocycles. The highest BCUT2D eigenvalue weighted by Crippen LogP contribution is 2.37. The van der Waals surface area contributed by atoms with Crippen molar-refractivity contribution < 1.29 is 27.9 Å². The molecule has 2 heterocycles. The maximum atomic E-state index is 14.0. The van der Waals surface area contributed by atoms with Crippen molar-refractivity contribution in [3.63, 3.8) is 0 Å². The average Bonchev–Trinajstić information content (AvgIpc) is 3.22. The van der Waals surface area contributed by atoms with Gasteiger partial charge >= 0.3 is 0 Å². The standard InChI is InChI=1S/C24H29FN4O5S/c1-14(2)35(4,31)29-17-8-19-23(22(9-17)32-3)24(27-13-26-19)28-18-6-5-16(25)7-21(18)34-11-15-10-33-12-20(15)30/h5-9,13-15,20,30H,10-12H2,1-4H3,(H,26,27,28)/t15-,20+,35?/m1/s1. The largest absolute Gasteiger partial charge is 0.496 e. The summed E-state index contributed by atoms with van der Waals surface area (Å²) in [6.07, 6.45) is 2.38. The lowest BCUT2D eigenvalue weighted by atomic mass is 10.1. The van der Waals surface area contributed by atoms with E-state index < -0.39 is 21.7 Å². The topological polar surface area (TPSA) is 115 Å². The van der Waals surface area contributed by atoms with Crippen LogP contribution in [0.5, 0.6) is 11.5 Å². The van der Waals surface area contributed by atoms with Gasteiger partial charge in [0.1, 0.15) is 29.5 Å². The molecule has 4 rings (SSSR count). The van der Waals surface area contributed by atoms with Crippen LogP contribution in [0.25, 0.3) is 10.9 Å². The number of halogens is 1.